The molecule has 0 radical (unpaired) electrons. The van der Waals surface area contributed by atoms with Crippen LogP contribution in [-0.2, 0) is 21.4 Å². The SMILES string of the molecule is C[C@@H]1C[C@H](C)CN(S(=O)(=O)c2ccc3c(c2)oc(=O)n3CC(=O)N2CCCC[C@H]2C)C1. The summed E-state index contributed by atoms with van der Waals surface area (Å²) in [5.41, 5.74) is 0.617. The molecule has 1 aromatic heterocycles. The summed E-state index contributed by atoms with van der Waals surface area (Å²) in [6.07, 6.45) is 4.03. The first-order chi connectivity index (χ1) is 14.7. The zero-order chi connectivity index (χ0) is 22.3. The van der Waals surface area contributed by atoms with Crippen molar-refractivity contribution in [3.8, 4) is 0 Å². The maximum absolute atomic E-state index is 13.2. The predicted octanol–water partition coefficient (Wildman–Crippen LogP) is 2.66. The number of rotatable bonds is 4. The van der Waals surface area contributed by atoms with Gasteiger partial charge in [-0.05, 0) is 56.6 Å². The second-order valence-corrected chi connectivity index (χ2v) is 11.2. The number of carbonyl (C=O) groups is 1. The van der Waals surface area contributed by atoms with Crippen LogP contribution < -0.4 is 5.76 Å². The summed E-state index contributed by atoms with van der Waals surface area (Å²) in [6.45, 7) is 7.69. The Hall–Kier alpha value is -2.13. The van der Waals surface area contributed by atoms with E-state index in [1.807, 2.05) is 11.8 Å². The minimum absolute atomic E-state index is 0.108. The molecule has 2 aromatic rings. The van der Waals surface area contributed by atoms with Crippen molar-refractivity contribution in [2.24, 2.45) is 11.8 Å². The molecule has 2 aliphatic rings. The molecule has 1 amide bonds. The lowest BCUT2D eigenvalue weighted by molar-refractivity contribution is -0.135. The van der Waals surface area contributed by atoms with E-state index >= 15 is 0 Å². The van der Waals surface area contributed by atoms with Crippen LogP contribution in [0.4, 0.5) is 0 Å². The number of hydrogen-bond donors (Lipinski definition) is 0. The lowest BCUT2D eigenvalue weighted by atomic mass is 9.94. The minimum Gasteiger partial charge on any atom is -0.408 e. The molecule has 4 rings (SSSR count). The molecule has 2 fully saturated rings. The van der Waals surface area contributed by atoms with E-state index in [9.17, 15) is 18.0 Å². The third-order valence-corrected chi connectivity index (χ3v) is 8.36. The van der Waals surface area contributed by atoms with Crippen molar-refractivity contribution in [2.45, 2.75) is 63.9 Å². The van der Waals surface area contributed by atoms with Crippen molar-refractivity contribution in [1.29, 1.82) is 0 Å². The zero-order valence-corrected chi connectivity index (χ0v) is 19.2. The van der Waals surface area contributed by atoms with Crippen LogP contribution in [0.25, 0.3) is 11.1 Å². The van der Waals surface area contributed by atoms with Gasteiger partial charge in [-0.2, -0.15) is 4.31 Å². The largest absolute Gasteiger partial charge is 0.420 e. The number of likely N-dealkylation sites (tertiary alicyclic amines) is 1. The van der Waals surface area contributed by atoms with Crippen LogP contribution in [0.5, 0.6) is 0 Å². The van der Waals surface area contributed by atoms with Gasteiger partial charge in [0.25, 0.3) is 0 Å². The molecule has 2 saturated heterocycles. The average molecular weight is 450 g/mol. The highest BCUT2D eigenvalue weighted by Gasteiger charge is 2.32. The number of sulfonamides is 1. The van der Waals surface area contributed by atoms with E-state index in [4.69, 9.17) is 4.42 Å². The number of fused-ring (bicyclic) bond motifs is 1. The maximum atomic E-state index is 13.2. The van der Waals surface area contributed by atoms with Gasteiger partial charge in [-0.3, -0.25) is 9.36 Å². The Kier molecular flexibility index (Phi) is 6.00. The summed E-state index contributed by atoms with van der Waals surface area (Å²) in [6, 6.07) is 4.62. The van der Waals surface area contributed by atoms with Crippen LogP contribution in [0.1, 0.15) is 46.5 Å². The van der Waals surface area contributed by atoms with Crippen LogP contribution in [0.3, 0.4) is 0 Å². The Balaban J connectivity index is 1.61. The van der Waals surface area contributed by atoms with E-state index in [2.05, 4.69) is 13.8 Å². The Morgan fingerprint density at radius 1 is 1.13 bits per heavy atom. The van der Waals surface area contributed by atoms with E-state index in [1.54, 1.807) is 6.07 Å². The van der Waals surface area contributed by atoms with Gasteiger partial charge < -0.3 is 9.32 Å². The lowest BCUT2D eigenvalue weighted by Gasteiger charge is -2.34. The Bertz CT molecular complexity index is 1130. The van der Waals surface area contributed by atoms with Crippen molar-refractivity contribution in [2.75, 3.05) is 19.6 Å². The quantitative estimate of drug-likeness (QED) is 0.715. The fraction of sp³-hybridized carbons (Fsp3) is 0.636. The fourth-order valence-corrected chi connectivity index (χ4v) is 6.70. The number of amides is 1. The lowest BCUT2D eigenvalue weighted by Crippen LogP contribution is -2.44. The van der Waals surface area contributed by atoms with Gasteiger partial charge in [0.2, 0.25) is 15.9 Å². The summed E-state index contributed by atoms with van der Waals surface area (Å²) in [4.78, 5) is 27.2. The van der Waals surface area contributed by atoms with Gasteiger partial charge in [-0.25, -0.2) is 13.2 Å². The van der Waals surface area contributed by atoms with Gasteiger partial charge in [0.05, 0.1) is 10.4 Å². The van der Waals surface area contributed by atoms with Crippen LogP contribution >= 0.6 is 0 Å². The van der Waals surface area contributed by atoms with Crippen molar-refractivity contribution < 1.29 is 17.6 Å². The molecule has 2 aliphatic heterocycles. The van der Waals surface area contributed by atoms with Crippen molar-refractivity contribution in [3.63, 3.8) is 0 Å². The number of nitrogens with zero attached hydrogens (tertiary/aromatic N) is 3. The van der Waals surface area contributed by atoms with Crippen molar-refractivity contribution in [1.82, 2.24) is 13.8 Å². The van der Waals surface area contributed by atoms with Gasteiger partial charge in [0, 0.05) is 31.7 Å². The second-order valence-electron chi connectivity index (χ2n) is 9.28. The maximum Gasteiger partial charge on any atom is 0.420 e. The number of carbonyl (C=O) groups excluding carboxylic acids is 1. The van der Waals surface area contributed by atoms with Gasteiger partial charge in [-0.15, -0.1) is 0 Å². The van der Waals surface area contributed by atoms with E-state index < -0.39 is 15.8 Å². The van der Waals surface area contributed by atoms with Crippen LogP contribution in [-0.4, -0.2) is 53.8 Å². The van der Waals surface area contributed by atoms with E-state index in [0.29, 0.717) is 37.0 Å². The Labute approximate surface area is 182 Å². The number of hydrogen-bond acceptors (Lipinski definition) is 5. The topological polar surface area (TPSA) is 92.8 Å². The second kappa shape index (κ2) is 8.43. The molecule has 0 unspecified atom stereocenters. The molecule has 0 N–H and O–H groups in total. The summed E-state index contributed by atoms with van der Waals surface area (Å²) < 4.78 is 34.5. The van der Waals surface area contributed by atoms with Crippen LogP contribution in [0.15, 0.2) is 32.3 Å². The third-order valence-electron chi connectivity index (χ3n) is 6.53. The van der Waals surface area contributed by atoms with E-state index in [-0.39, 0.29) is 29.0 Å². The molecule has 9 heteroatoms. The Morgan fingerprint density at radius 2 is 1.84 bits per heavy atom. The molecular formula is C22H31N3O5S. The number of benzene rings is 1. The van der Waals surface area contributed by atoms with Gasteiger partial charge in [0.1, 0.15) is 6.54 Å². The minimum atomic E-state index is -3.68. The molecule has 0 spiro atoms. The molecule has 0 bridgehead atoms. The van der Waals surface area contributed by atoms with E-state index in [1.165, 1.54) is 21.0 Å². The molecule has 3 atom stereocenters. The molecule has 0 saturated carbocycles. The summed E-state index contributed by atoms with van der Waals surface area (Å²) in [5, 5.41) is 0. The predicted molar refractivity (Wildman–Crippen MR) is 117 cm³/mol. The standard InChI is InChI=1S/C22H31N3O5S/c1-15-10-16(2)13-23(12-15)31(28,29)18-7-8-19-20(11-18)30-22(27)25(19)14-21(26)24-9-5-4-6-17(24)3/h7-8,11,15-17H,4-6,9-10,12-14H2,1-3H3/t15-,16+,17-/m1/s1. The normalized spacial score (nSPS) is 25.8. The molecule has 1 aromatic carbocycles. The van der Waals surface area contributed by atoms with Gasteiger partial charge in [0.15, 0.2) is 5.58 Å². The highest BCUT2D eigenvalue weighted by Crippen LogP contribution is 2.28. The molecule has 3 heterocycles. The molecule has 0 aliphatic carbocycles. The first-order valence-electron chi connectivity index (χ1n) is 11.1. The number of piperidine rings is 2. The monoisotopic (exact) mass is 449 g/mol. The third kappa shape index (κ3) is 4.30. The first kappa shape index (κ1) is 22.1. The van der Waals surface area contributed by atoms with Crippen LogP contribution in [0, 0.1) is 11.8 Å². The van der Waals surface area contributed by atoms with Crippen molar-refractivity contribution in [3.05, 3.63) is 28.7 Å². The number of aromatic nitrogens is 1. The first-order valence-corrected chi connectivity index (χ1v) is 12.5. The van der Waals surface area contributed by atoms with Crippen LogP contribution in [0.2, 0.25) is 0 Å². The van der Waals surface area contributed by atoms with Crippen molar-refractivity contribution >= 4 is 27.0 Å². The molecule has 8 nitrogen and oxygen atoms in total. The van der Waals surface area contributed by atoms with E-state index in [0.717, 1.165) is 25.7 Å². The summed E-state index contributed by atoms with van der Waals surface area (Å²) >= 11 is 0. The summed E-state index contributed by atoms with van der Waals surface area (Å²) in [7, 11) is -3.68. The molecule has 31 heavy (non-hydrogen) atoms. The molecular weight excluding hydrogens is 418 g/mol. The highest BCUT2D eigenvalue weighted by molar-refractivity contribution is 7.89. The average Bonchev–Trinajstić information content (AvgIpc) is 3.02. The smallest absolute Gasteiger partial charge is 0.408 e. The number of oxazole rings is 1. The highest BCUT2D eigenvalue weighted by atomic mass is 32.2. The zero-order valence-electron chi connectivity index (χ0n) is 18.4. The fourth-order valence-electron chi connectivity index (χ4n) is 5.00. The van der Waals surface area contributed by atoms with Gasteiger partial charge >= 0.3 is 5.76 Å². The molecule has 170 valence electrons. The Morgan fingerprint density at radius 3 is 2.52 bits per heavy atom. The summed E-state index contributed by atoms with van der Waals surface area (Å²) in [5.74, 6) is -0.179. The van der Waals surface area contributed by atoms with Gasteiger partial charge in [-0.1, -0.05) is 13.8 Å².